The van der Waals surface area contributed by atoms with Gasteiger partial charge in [-0.2, -0.15) is 9.61 Å². The Hall–Kier alpha value is -0.530. The molecule has 0 saturated heterocycles. The summed E-state index contributed by atoms with van der Waals surface area (Å²) in [5.41, 5.74) is 0.708. The second-order valence-corrected chi connectivity index (χ2v) is 7.30. The lowest BCUT2D eigenvalue weighted by Gasteiger charge is -2.04. The van der Waals surface area contributed by atoms with E-state index in [9.17, 15) is 5.11 Å². The van der Waals surface area contributed by atoms with Gasteiger partial charge in [0.2, 0.25) is 4.96 Å². The lowest BCUT2D eigenvalue weighted by atomic mass is 10.2. The molecule has 9 heteroatoms. The van der Waals surface area contributed by atoms with Crippen molar-refractivity contribution in [1.29, 1.82) is 0 Å². The lowest BCUT2D eigenvalue weighted by Crippen LogP contribution is -1.97. The van der Waals surface area contributed by atoms with Gasteiger partial charge in [0.15, 0.2) is 10.8 Å². The van der Waals surface area contributed by atoms with Gasteiger partial charge in [-0.05, 0) is 57.3 Å². The van der Waals surface area contributed by atoms with Crippen molar-refractivity contribution in [2.75, 3.05) is 7.11 Å². The number of phenols is 1. The van der Waals surface area contributed by atoms with E-state index in [4.69, 9.17) is 4.74 Å². The predicted octanol–water partition coefficient (Wildman–Crippen LogP) is 2.91. The first-order valence-corrected chi connectivity index (χ1v) is 8.46. The first kappa shape index (κ1) is 14.4. The fourth-order valence-corrected chi connectivity index (χ4v) is 4.43. The maximum Gasteiger partial charge on any atom is 0.235 e. The monoisotopic (exact) mass is 514 g/mol. The topological polar surface area (TPSA) is 72.5 Å². The number of rotatable bonds is 3. The number of fused-ring (bicyclic) bond motifs is 1. The number of halogens is 2. The van der Waals surface area contributed by atoms with Gasteiger partial charge in [-0.25, -0.2) is 0 Å². The Morgan fingerprint density at radius 1 is 1.35 bits per heavy atom. The van der Waals surface area contributed by atoms with E-state index < -0.39 is 0 Å². The van der Waals surface area contributed by atoms with Crippen molar-refractivity contribution in [3.63, 3.8) is 0 Å². The molecule has 0 fully saturated rings. The van der Waals surface area contributed by atoms with Crippen LogP contribution in [0.1, 0.15) is 5.82 Å². The predicted molar refractivity (Wildman–Crippen MR) is 91.9 cm³/mol. The fourth-order valence-electron chi connectivity index (χ4n) is 1.71. The Morgan fingerprint density at radius 2 is 2.15 bits per heavy atom. The van der Waals surface area contributed by atoms with Crippen LogP contribution < -0.4 is 0 Å². The van der Waals surface area contributed by atoms with Crippen LogP contribution in [-0.4, -0.2) is 32.0 Å². The maximum atomic E-state index is 10.2. The highest BCUT2D eigenvalue weighted by Gasteiger charge is 2.17. The number of ether oxygens (including phenoxy) is 1. The zero-order valence-electron chi connectivity index (χ0n) is 10.2. The molecule has 1 aromatic carbocycles. The molecule has 0 aliphatic heterocycles. The molecule has 0 amide bonds. The van der Waals surface area contributed by atoms with Gasteiger partial charge in [0.1, 0.15) is 12.4 Å². The summed E-state index contributed by atoms with van der Waals surface area (Å²) in [6.07, 6.45) is 0. The van der Waals surface area contributed by atoms with Crippen LogP contribution in [-0.2, 0) is 11.3 Å². The number of aromatic nitrogens is 4. The van der Waals surface area contributed by atoms with Gasteiger partial charge in [-0.1, -0.05) is 11.3 Å². The van der Waals surface area contributed by atoms with Crippen molar-refractivity contribution < 1.29 is 9.84 Å². The first-order valence-electron chi connectivity index (χ1n) is 5.48. The molecule has 0 atom stereocenters. The molecule has 6 nitrogen and oxygen atoms in total. The van der Waals surface area contributed by atoms with Crippen molar-refractivity contribution >= 4 is 61.5 Å². The van der Waals surface area contributed by atoms with Crippen LogP contribution in [0, 0.1) is 7.14 Å². The van der Waals surface area contributed by atoms with Gasteiger partial charge >= 0.3 is 0 Å². The molecular weight excluding hydrogens is 506 g/mol. The minimum atomic E-state index is 0.240. The Kier molecular flexibility index (Phi) is 4.10. The van der Waals surface area contributed by atoms with Crippen molar-refractivity contribution in [1.82, 2.24) is 19.8 Å². The molecule has 0 aliphatic carbocycles. The summed E-state index contributed by atoms with van der Waals surface area (Å²) in [4.78, 5) is 0.681. The number of benzene rings is 1. The summed E-state index contributed by atoms with van der Waals surface area (Å²) in [7, 11) is 1.60. The van der Waals surface area contributed by atoms with Crippen LogP contribution in [0.2, 0.25) is 0 Å². The zero-order valence-corrected chi connectivity index (χ0v) is 15.3. The lowest BCUT2D eigenvalue weighted by molar-refractivity contribution is 0.176. The van der Waals surface area contributed by atoms with E-state index in [1.54, 1.807) is 11.6 Å². The van der Waals surface area contributed by atoms with E-state index >= 15 is 0 Å². The summed E-state index contributed by atoms with van der Waals surface area (Å²) >= 11 is 5.71. The molecule has 3 aromatic rings. The van der Waals surface area contributed by atoms with E-state index in [-0.39, 0.29) is 5.75 Å². The third-order valence-electron chi connectivity index (χ3n) is 2.59. The van der Waals surface area contributed by atoms with E-state index in [0.29, 0.717) is 28.0 Å². The summed E-state index contributed by atoms with van der Waals surface area (Å²) in [6.45, 7) is 0.347. The van der Waals surface area contributed by atoms with Crippen LogP contribution in [0.3, 0.4) is 0 Å². The average Bonchev–Trinajstić information content (AvgIpc) is 2.96. The highest BCUT2D eigenvalue weighted by Crippen LogP contribution is 2.36. The molecule has 0 radical (unpaired) electrons. The van der Waals surface area contributed by atoms with Gasteiger partial charge in [-0.15, -0.1) is 10.2 Å². The van der Waals surface area contributed by atoms with Crippen LogP contribution in [0.25, 0.3) is 15.5 Å². The molecule has 0 aliphatic rings. The van der Waals surface area contributed by atoms with Crippen molar-refractivity contribution in [2.24, 2.45) is 0 Å². The minimum Gasteiger partial charge on any atom is -0.506 e. The van der Waals surface area contributed by atoms with Crippen molar-refractivity contribution in [3.05, 3.63) is 25.1 Å². The second-order valence-electron chi connectivity index (χ2n) is 3.93. The smallest absolute Gasteiger partial charge is 0.235 e. The largest absolute Gasteiger partial charge is 0.506 e. The van der Waals surface area contributed by atoms with Gasteiger partial charge in [0.25, 0.3) is 0 Å². The van der Waals surface area contributed by atoms with E-state index in [2.05, 4.69) is 60.5 Å². The fraction of sp³-hybridized carbons (Fsp3) is 0.182. The maximum absolute atomic E-state index is 10.2. The number of phenolic OH excluding ortho intramolecular Hbond substituents is 1. The Bertz CT molecular complexity index is 786. The number of methoxy groups -OCH3 is 1. The molecule has 20 heavy (non-hydrogen) atoms. The Labute approximate surface area is 145 Å². The third kappa shape index (κ3) is 2.51. The molecule has 2 aromatic heterocycles. The standard InChI is InChI=1S/C11H8I2N4O2S/c1-19-4-8-14-15-11-17(8)16-10(20-11)6-2-5(12)3-7(13)9(6)18/h2-3,18H,4H2,1H3. The van der Waals surface area contributed by atoms with Gasteiger partial charge < -0.3 is 9.84 Å². The molecule has 3 rings (SSSR count). The average molecular weight is 514 g/mol. The molecule has 1 N–H and O–H groups in total. The molecular formula is C11H8I2N4O2S. The van der Waals surface area contributed by atoms with Gasteiger partial charge in [0, 0.05) is 10.7 Å². The van der Waals surface area contributed by atoms with Crippen LogP contribution in [0.15, 0.2) is 12.1 Å². The zero-order chi connectivity index (χ0) is 14.3. The summed E-state index contributed by atoms with van der Waals surface area (Å²) in [6, 6.07) is 3.82. The summed E-state index contributed by atoms with van der Waals surface area (Å²) < 4.78 is 8.55. The van der Waals surface area contributed by atoms with Crippen molar-refractivity contribution in [2.45, 2.75) is 6.61 Å². The van der Waals surface area contributed by atoms with Gasteiger partial charge in [0.05, 0.1) is 9.13 Å². The molecule has 0 unspecified atom stereocenters. The number of nitrogens with zero attached hydrogens (tertiary/aromatic N) is 4. The minimum absolute atomic E-state index is 0.240. The molecule has 0 spiro atoms. The van der Waals surface area contributed by atoms with E-state index in [1.165, 1.54) is 11.3 Å². The van der Waals surface area contributed by atoms with Crippen molar-refractivity contribution in [3.8, 4) is 16.3 Å². The quantitative estimate of drug-likeness (QED) is 0.545. The highest BCUT2D eigenvalue weighted by molar-refractivity contribution is 14.1. The van der Waals surface area contributed by atoms with Crippen LogP contribution in [0.4, 0.5) is 0 Å². The molecule has 0 saturated carbocycles. The second kappa shape index (κ2) is 5.69. The summed E-state index contributed by atoms with van der Waals surface area (Å²) in [5, 5.41) is 23.4. The molecule has 104 valence electrons. The van der Waals surface area contributed by atoms with Crippen LogP contribution >= 0.6 is 56.5 Å². The number of hydrogen-bond donors (Lipinski definition) is 1. The first-order chi connectivity index (χ1) is 9.60. The Morgan fingerprint density at radius 3 is 2.90 bits per heavy atom. The number of hydrogen-bond acceptors (Lipinski definition) is 6. The van der Waals surface area contributed by atoms with Crippen LogP contribution in [0.5, 0.6) is 5.75 Å². The molecule has 2 heterocycles. The number of aromatic hydroxyl groups is 1. The Balaban J connectivity index is 2.15. The molecule has 0 bridgehead atoms. The highest BCUT2D eigenvalue weighted by atomic mass is 127. The van der Waals surface area contributed by atoms with E-state index in [1.807, 2.05) is 12.1 Å². The van der Waals surface area contributed by atoms with E-state index in [0.717, 1.165) is 7.14 Å². The third-order valence-corrected chi connectivity index (χ3v) is 4.96. The summed E-state index contributed by atoms with van der Waals surface area (Å²) in [5.74, 6) is 0.883. The SMILES string of the molecule is COCc1nnc2sc(-c3cc(I)cc(I)c3O)nn12. The normalized spacial score (nSPS) is 11.3. The van der Waals surface area contributed by atoms with Gasteiger partial charge in [-0.3, -0.25) is 0 Å².